The number of urea groups is 1. The smallest absolute Gasteiger partial charge is 0.408 e. The topological polar surface area (TPSA) is 142 Å². The Kier molecular flexibility index (Phi) is 9.59. The van der Waals surface area contributed by atoms with Crippen LogP contribution in [0.15, 0.2) is 54.7 Å². The second-order valence-corrected chi connectivity index (χ2v) is 12.6. The van der Waals surface area contributed by atoms with Crippen LogP contribution in [-0.4, -0.2) is 94.2 Å². The molecule has 2 fully saturated rings. The van der Waals surface area contributed by atoms with Gasteiger partial charge in [-0.3, -0.25) is 14.6 Å². The first-order valence-corrected chi connectivity index (χ1v) is 14.5. The minimum absolute atomic E-state index is 0.0907. The number of carbonyl (C=O) groups is 4. The van der Waals surface area contributed by atoms with E-state index in [-0.39, 0.29) is 31.7 Å². The van der Waals surface area contributed by atoms with Crippen LogP contribution in [0.4, 0.5) is 9.59 Å². The zero-order valence-corrected chi connectivity index (χ0v) is 25.5. The lowest BCUT2D eigenvalue weighted by Gasteiger charge is -2.46. The van der Waals surface area contributed by atoms with Crippen LogP contribution in [0, 0.1) is 0 Å². The lowest BCUT2D eigenvalue weighted by molar-refractivity contribution is -0.142. The quantitative estimate of drug-likeness (QED) is 0.383. The van der Waals surface area contributed by atoms with Crippen molar-refractivity contribution >= 4 is 23.9 Å². The van der Waals surface area contributed by atoms with Gasteiger partial charge in [-0.1, -0.05) is 36.4 Å². The van der Waals surface area contributed by atoms with Crippen molar-refractivity contribution in [1.82, 2.24) is 30.7 Å². The summed E-state index contributed by atoms with van der Waals surface area (Å²) in [4.78, 5) is 60.5. The Bertz CT molecular complexity index is 1300. The molecular formula is C31H42N6O6. The lowest BCUT2D eigenvalue weighted by Crippen LogP contribution is -2.66. The Labute approximate surface area is 252 Å². The molecule has 43 heavy (non-hydrogen) atoms. The van der Waals surface area contributed by atoms with Crippen molar-refractivity contribution < 1.29 is 28.7 Å². The van der Waals surface area contributed by atoms with E-state index in [1.807, 2.05) is 48.5 Å². The molecule has 12 nitrogen and oxygen atoms in total. The predicted molar refractivity (Wildman–Crippen MR) is 159 cm³/mol. The summed E-state index contributed by atoms with van der Waals surface area (Å²) < 4.78 is 11.2. The zero-order chi connectivity index (χ0) is 31.3. The molecular weight excluding hydrogens is 552 g/mol. The van der Waals surface area contributed by atoms with E-state index in [1.54, 1.807) is 36.8 Å². The van der Waals surface area contributed by atoms with E-state index < -0.39 is 34.7 Å². The molecule has 2 aliphatic rings. The van der Waals surface area contributed by atoms with E-state index in [0.717, 1.165) is 11.3 Å². The number of hydrogen-bond donors (Lipinski definition) is 3. The molecule has 2 atom stereocenters. The fourth-order valence-electron chi connectivity index (χ4n) is 5.24. The molecule has 0 radical (unpaired) electrons. The van der Waals surface area contributed by atoms with Gasteiger partial charge in [0.05, 0.1) is 18.8 Å². The lowest BCUT2D eigenvalue weighted by atomic mass is 9.89. The molecule has 12 heteroatoms. The van der Waals surface area contributed by atoms with E-state index >= 15 is 0 Å². The van der Waals surface area contributed by atoms with Gasteiger partial charge in [0.15, 0.2) is 0 Å². The monoisotopic (exact) mass is 594 g/mol. The first-order chi connectivity index (χ1) is 20.3. The molecule has 2 aliphatic heterocycles. The van der Waals surface area contributed by atoms with Gasteiger partial charge < -0.3 is 35.2 Å². The predicted octanol–water partition coefficient (Wildman–Crippen LogP) is 2.24. The molecule has 1 aromatic heterocycles. The van der Waals surface area contributed by atoms with Crippen LogP contribution in [-0.2, 0) is 32.1 Å². The number of benzene rings is 1. The number of carbonyl (C=O) groups excluding carboxylic acids is 4. The molecule has 1 aromatic carbocycles. The van der Waals surface area contributed by atoms with Gasteiger partial charge in [0.25, 0.3) is 0 Å². The number of fused-ring (bicyclic) bond motifs is 1. The number of aromatic nitrogens is 1. The number of nitrogens with one attached hydrogen (secondary N) is 3. The normalized spacial score (nSPS) is 19.2. The molecule has 2 saturated heterocycles. The third kappa shape index (κ3) is 8.22. The van der Waals surface area contributed by atoms with E-state index in [9.17, 15) is 19.2 Å². The molecule has 232 valence electrons. The van der Waals surface area contributed by atoms with Crippen LogP contribution < -0.4 is 16.0 Å². The van der Waals surface area contributed by atoms with E-state index in [0.29, 0.717) is 26.1 Å². The number of nitrogens with zero attached hydrogens (tertiary/aromatic N) is 3. The number of hydrogen-bond acceptors (Lipinski definition) is 7. The highest BCUT2D eigenvalue weighted by Gasteiger charge is 2.50. The Balaban J connectivity index is 1.51. The Morgan fingerprint density at radius 2 is 1.77 bits per heavy atom. The number of rotatable bonds is 10. The third-order valence-electron chi connectivity index (χ3n) is 7.39. The maximum atomic E-state index is 14.1. The van der Waals surface area contributed by atoms with Crippen molar-refractivity contribution in [2.75, 3.05) is 32.8 Å². The average Bonchev–Trinajstić information content (AvgIpc) is 3.26. The highest BCUT2D eigenvalue weighted by atomic mass is 16.6. The van der Waals surface area contributed by atoms with Gasteiger partial charge in [-0.25, -0.2) is 9.59 Å². The van der Waals surface area contributed by atoms with Gasteiger partial charge in [-0.05, 0) is 52.3 Å². The highest BCUT2D eigenvalue weighted by molar-refractivity contribution is 5.94. The van der Waals surface area contributed by atoms with Gasteiger partial charge in [0.2, 0.25) is 11.8 Å². The third-order valence-corrected chi connectivity index (χ3v) is 7.39. The zero-order valence-electron chi connectivity index (χ0n) is 25.5. The summed E-state index contributed by atoms with van der Waals surface area (Å²) >= 11 is 0. The minimum atomic E-state index is -1.39. The maximum absolute atomic E-state index is 14.1. The standard InChI is InChI=1S/C31H42N6O6/c1-29(2,3)43-28(41)35-30(4,5)26(39)34-24(19-42-18-22-11-7-6-8-12-22)25(38)36-15-16-37-27(40)33-20-31(37,21-36)17-23-13-9-10-14-32-23/h6-14,24H,15-21H2,1-5H3,(H,33,40)(H,34,39)(H,35,41)/t24-,31?/m1/s1. The van der Waals surface area contributed by atoms with E-state index in [4.69, 9.17) is 9.47 Å². The molecule has 0 saturated carbocycles. The molecule has 0 aliphatic carbocycles. The van der Waals surface area contributed by atoms with Crippen molar-refractivity contribution in [3.05, 3.63) is 66.0 Å². The molecule has 0 bridgehead atoms. The van der Waals surface area contributed by atoms with Crippen molar-refractivity contribution in [3.8, 4) is 0 Å². The molecule has 3 heterocycles. The second-order valence-electron chi connectivity index (χ2n) is 12.6. The Morgan fingerprint density at radius 3 is 2.44 bits per heavy atom. The van der Waals surface area contributed by atoms with Gasteiger partial charge in [-0.2, -0.15) is 0 Å². The molecule has 0 spiro atoms. The highest BCUT2D eigenvalue weighted by Crippen LogP contribution is 2.29. The fourth-order valence-corrected chi connectivity index (χ4v) is 5.24. The first kappa shape index (κ1) is 31.7. The number of piperazine rings is 1. The number of amides is 5. The van der Waals surface area contributed by atoms with Crippen molar-refractivity contribution in [2.24, 2.45) is 0 Å². The average molecular weight is 595 g/mol. The summed E-state index contributed by atoms with van der Waals surface area (Å²) in [6.45, 7) is 9.66. The summed E-state index contributed by atoms with van der Waals surface area (Å²) in [6, 6.07) is 13.9. The van der Waals surface area contributed by atoms with E-state index in [2.05, 4.69) is 20.9 Å². The van der Waals surface area contributed by atoms with E-state index in [1.165, 1.54) is 13.8 Å². The van der Waals surface area contributed by atoms with Gasteiger partial charge in [-0.15, -0.1) is 0 Å². The number of alkyl carbamates (subject to hydrolysis) is 1. The number of pyridine rings is 1. The van der Waals surface area contributed by atoms with Crippen LogP contribution in [0.25, 0.3) is 0 Å². The Morgan fingerprint density at radius 1 is 1.05 bits per heavy atom. The summed E-state index contributed by atoms with van der Waals surface area (Å²) in [7, 11) is 0. The summed E-state index contributed by atoms with van der Waals surface area (Å²) in [6.07, 6.45) is 1.42. The molecule has 3 N–H and O–H groups in total. The second kappa shape index (κ2) is 13.0. The molecule has 1 unspecified atom stereocenters. The number of ether oxygens (including phenoxy) is 2. The molecule has 5 amide bonds. The summed E-state index contributed by atoms with van der Waals surface area (Å²) in [5.74, 6) is -0.909. The summed E-state index contributed by atoms with van der Waals surface area (Å²) in [5.41, 5.74) is -1.09. The molecule has 2 aromatic rings. The molecule has 4 rings (SSSR count). The maximum Gasteiger partial charge on any atom is 0.408 e. The van der Waals surface area contributed by atoms with Gasteiger partial charge in [0.1, 0.15) is 17.2 Å². The van der Waals surface area contributed by atoms with Crippen LogP contribution in [0.1, 0.15) is 45.9 Å². The summed E-state index contributed by atoms with van der Waals surface area (Å²) in [5, 5.41) is 8.32. The van der Waals surface area contributed by atoms with Crippen molar-refractivity contribution in [2.45, 2.75) is 70.4 Å². The van der Waals surface area contributed by atoms with Crippen LogP contribution in [0.2, 0.25) is 0 Å². The minimum Gasteiger partial charge on any atom is -0.444 e. The van der Waals surface area contributed by atoms with Crippen molar-refractivity contribution in [1.29, 1.82) is 0 Å². The van der Waals surface area contributed by atoms with Crippen LogP contribution in [0.3, 0.4) is 0 Å². The largest absolute Gasteiger partial charge is 0.444 e. The SMILES string of the molecule is CC(C)(C)OC(=O)NC(C)(C)C(=O)N[C@H](COCc1ccccc1)C(=O)N1CCN2C(=O)NCC2(Cc2ccccn2)C1. The van der Waals surface area contributed by atoms with Gasteiger partial charge >= 0.3 is 12.1 Å². The van der Waals surface area contributed by atoms with Gasteiger partial charge in [0, 0.05) is 44.5 Å². The first-order valence-electron chi connectivity index (χ1n) is 14.5. The van der Waals surface area contributed by atoms with Crippen molar-refractivity contribution in [3.63, 3.8) is 0 Å². The van der Waals surface area contributed by atoms with Crippen LogP contribution in [0.5, 0.6) is 0 Å². The fraction of sp³-hybridized carbons (Fsp3) is 0.516. The van der Waals surface area contributed by atoms with Crippen LogP contribution >= 0.6 is 0 Å². The Hall–Kier alpha value is -4.19.